The van der Waals surface area contributed by atoms with E-state index >= 15 is 0 Å². The highest BCUT2D eigenvalue weighted by Crippen LogP contribution is 2.37. The maximum atomic E-state index is 13.1. The van der Waals surface area contributed by atoms with Crippen molar-refractivity contribution in [1.82, 2.24) is 4.90 Å². The van der Waals surface area contributed by atoms with Crippen molar-refractivity contribution in [2.45, 2.75) is 32.2 Å². The molecule has 2 fully saturated rings. The molecule has 8 heteroatoms. The Labute approximate surface area is 210 Å². The predicted molar refractivity (Wildman–Crippen MR) is 143 cm³/mol. The minimum Gasteiger partial charge on any atom is -0.378 e. The summed E-state index contributed by atoms with van der Waals surface area (Å²) in [6.07, 6.45) is 3.83. The molecule has 2 aromatic rings. The number of nitrogens with zero attached hydrogens (tertiary/aromatic N) is 4. The third kappa shape index (κ3) is 5.15. The van der Waals surface area contributed by atoms with Gasteiger partial charge in [0, 0.05) is 56.7 Å². The van der Waals surface area contributed by atoms with Crippen molar-refractivity contribution >= 4 is 27.1 Å². The largest absolute Gasteiger partial charge is 0.378 e. The molecular weight excluding hydrogens is 460 g/mol. The van der Waals surface area contributed by atoms with Crippen LogP contribution in [-0.4, -0.2) is 85.1 Å². The number of benzene rings is 2. The van der Waals surface area contributed by atoms with Crippen LogP contribution >= 0.6 is 0 Å². The van der Waals surface area contributed by atoms with E-state index in [1.54, 1.807) is 4.31 Å². The summed E-state index contributed by atoms with van der Waals surface area (Å²) in [7, 11) is -1.26. The number of sulfonamides is 1. The molecule has 2 saturated heterocycles. The molecule has 1 atom stereocenters. The number of rotatable bonds is 5. The van der Waals surface area contributed by atoms with Gasteiger partial charge in [-0.1, -0.05) is 6.07 Å². The molecule has 1 aliphatic carbocycles. The third-order valence-corrected chi connectivity index (χ3v) is 9.04. The molecule has 0 saturated carbocycles. The monoisotopic (exact) mass is 498 g/mol. The van der Waals surface area contributed by atoms with Gasteiger partial charge >= 0.3 is 0 Å². The van der Waals surface area contributed by atoms with Gasteiger partial charge in [-0.2, -0.15) is 0 Å². The van der Waals surface area contributed by atoms with Crippen molar-refractivity contribution in [3.05, 3.63) is 53.1 Å². The third-order valence-electron chi connectivity index (χ3n) is 7.82. The average Bonchev–Trinajstić information content (AvgIpc) is 2.85. The van der Waals surface area contributed by atoms with E-state index in [0.29, 0.717) is 0 Å². The van der Waals surface area contributed by atoms with E-state index in [2.05, 4.69) is 52.9 Å². The average molecular weight is 499 g/mol. The Bertz CT molecular complexity index is 1140. The second kappa shape index (κ2) is 9.99. The van der Waals surface area contributed by atoms with E-state index < -0.39 is 10.0 Å². The van der Waals surface area contributed by atoms with Crippen LogP contribution in [0.4, 0.5) is 17.1 Å². The maximum absolute atomic E-state index is 13.1. The summed E-state index contributed by atoms with van der Waals surface area (Å²) in [4.78, 5) is 7.15. The zero-order valence-corrected chi connectivity index (χ0v) is 22.1. The van der Waals surface area contributed by atoms with Gasteiger partial charge < -0.3 is 19.4 Å². The second-order valence-electron chi connectivity index (χ2n) is 10.2. The van der Waals surface area contributed by atoms with Gasteiger partial charge in [-0.3, -0.25) is 4.31 Å². The van der Waals surface area contributed by atoms with E-state index in [0.717, 1.165) is 83.1 Å². The summed E-state index contributed by atoms with van der Waals surface area (Å²) < 4.78 is 33.3. The molecular formula is C27H38N4O3S. The van der Waals surface area contributed by atoms with Crippen molar-refractivity contribution in [3.63, 3.8) is 0 Å². The number of piperazine rings is 1. The molecule has 1 unspecified atom stereocenters. The SMILES string of the molecule is Cc1ccc(N2CCN(C)CC2)c2c1CCC(N(c1ccc(N3CCOCC3)cc1)S(C)(=O)=O)C2. The fourth-order valence-electron chi connectivity index (χ4n) is 5.87. The first-order chi connectivity index (χ1) is 16.8. The first kappa shape index (κ1) is 24.4. The lowest BCUT2D eigenvalue weighted by Crippen LogP contribution is -2.46. The molecule has 0 amide bonds. The fourth-order valence-corrected chi connectivity index (χ4v) is 7.10. The summed E-state index contributed by atoms with van der Waals surface area (Å²) in [5.74, 6) is 0. The Hall–Kier alpha value is -2.29. The fraction of sp³-hybridized carbons (Fsp3) is 0.556. The number of fused-ring (bicyclic) bond motifs is 1. The van der Waals surface area contributed by atoms with Gasteiger partial charge in [0.1, 0.15) is 0 Å². The smallest absolute Gasteiger partial charge is 0.232 e. The highest BCUT2D eigenvalue weighted by Gasteiger charge is 2.33. The standard InChI is InChI=1S/C27H38N4O3S/c1-21-4-11-27(30-14-12-28(2)13-15-30)26-20-24(9-10-25(21)26)31(35(3,32)33)23-7-5-22(6-8-23)29-16-18-34-19-17-29/h4-8,11,24H,9-10,12-20H2,1-3H3. The summed E-state index contributed by atoms with van der Waals surface area (Å²) in [6, 6.07) is 12.5. The summed E-state index contributed by atoms with van der Waals surface area (Å²) in [5.41, 5.74) is 7.23. The molecule has 3 aliphatic rings. The topological polar surface area (TPSA) is 56.3 Å². The highest BCUT2D eigenvalue weighted by atomic mass is 32.2. The van der Waals surface area contributed by atoms with Crippen molar-refractivity contribution < 1.29 is 13.2 Å². The lowest BCUT2D eigenvalue weighted by molar-refractivity contribution is 0.122. The van der Waals surface area contributed by atoms with Gasteiger partial charge in [0.25, 0.3) is 0 Å². The Morgan fingerprint density at radius 3 is 2.23 bits per heavy atom. The van der Waals surface area contributed by atoms with Gasteiger partial charge in [-0.25, -0.2) is 8.42 Å². The highest BCUT2D eigenvalue weighted by molar-refractivity contribution is 7.92. The number of morpholine rings is 1. The molecule has 7 nitrogen and oxygen atoms in total. The lowest BCUT2D eigenvalue weighted by atomic mass is 9.84. The Morgan fingerprint density at radius 1 is 0.886 bits per heavy atom. The molecule has 0 aromatic heterocycles. The molecule has 35 heavy (non-hydrogen) atoms. The first-order valence-corrected chi connectivity index (χ1v) is 14.6. The second-order valence-corrected chi connectivity index (χ2v) is 12.1. The molecule has 2 aliphatic heterocycles. The van der Waals surface area contributed by atoms with E-state index in [-0.39, 0.29) is 6.04 Å². The van der Waals surface area contributed by atoms with Gasteiger partial charge in [0.05, 0.1) is 25.2 Å². The van der Waals surface area contributed by atoms with Gasteiger partial charge in [-0.15, -0.1) is 0 Å². The molecule has 2 heterocycles. The number of aryl methyl sites for hydroxylation is 1. The van der Waals surface area contributed by atoms with Crippen molar-refractivity contribution in [1.29, 1.82) is 0 Å². The summed E-state index contributed by atoms with van der Waals surface area (Å²) in [6.45, 7) is 9.50. The van der Waals surface area contributed by atoms with Crippen LogP contribution in [0.2, 0.25) is 0 Å². The molecule has 0 radical (unpaired) electrons. The molecule has 5 rings (SSSR count). The van der Waals surface area contributed by atoms with Crippen LogP contribution in [0.5, 0.6) is 0 Å². The van der Waals surface area contributed by atoms with Gasteiger partial charge in [0.2, 0.25) is 10.0 Å². The molecule has 0 N–H and O–H groups in total. The minimum absolute atomic E-state index is 0.0836. The Kier molecular flexibility index (Phi) is 6.97. The van der Waals surface area contributed by atoms with Gasteiger partial charge in [0.15, 0.2) is 0 Å². The normalized spacial score (nSPS) is 21.6. The van der Waals surface area contributed by atoms with Crippen LogP contribution in [0.25, 0.3) is 0 Å². The number of likely N-dealkylation sites (N-methyl/N-ethyl adjacent to an activating group) is 1. The molecule has 0 spiro atoms. The van der Waals surface area contributed by atoms with Crippen molar-refractivity contribution in [2.24, 2.45) is 0 Å². The summed E-state index contributed by atoms with van der Waals surface area (Å²) in [5, 5.41) is 0. The number of hydrogen-bond acceptors (Lipinski definition) is 6. The zero-order valence-electron chi connectivity index (χ0n) is 21.2. The van der Waals surface area contributed by atoms with Gasteiger partial charge in [-0.05, 0) is 80.3 Å². The van der Waals surface area contributed by atoms with Crippen LogP contribution in [0, 0.1) is 6.92 Å². The quantitative estimate of drug-likeness (QED) is 0.632. The Morgan fingerprint density at radius 2 is 1.57 bits per heavy atom. The number of ether oxygens (including phenoxy) is 1. The first-order valence-electron chi connectivity index (χ1n) is 12.8. The van der Waals surface area contributed by atoms with E-state index in [4.69, 9.17) is 4.74 Å². The predicted octanol–water partition coefficient (Wildman–Crippen LogP) is 2.91. The maximum Gasteiger partial charge on any atom is 0.232 e. The Balaban J connectivity index is 1.43. The summed E-state index contributed by atoms with van der Waals surface area (Å²) >= 11 is 0. The minimum atomic E-state index is -3.43. The van der Waals surface area contributed by atoms with Crippen LogP contribution in [-0.2, 0) is 27.6 Å². The van der Waals surface area contributed by atoms with Crippen LogP contribution in [0.15, 0.2) is 36.4 Å². The van der Waals surface area contributed by atoms with E-state index in [9.17, 15) is 8.42 Å². The molecule has 190 valence electrons. The van der Waals surface area contributed by atoms with Crippen LogP contribution < -0.4 is 14.1 Å². The molecule has 0 bridgehead atoms. The number of hydrogen-bond donors (Lipinski definition) is 0. The zero-order chi connectivity index (χ0) is 24.6. The number of anilines is 3. The van der Waals surface area contributed by atoms with Crippen LogP contribution in [0.1, 0.15) is 23.1 Å². The van der Waals surface area contributed by atoms with Crippen molar-refractivity contribution in [3.8, 4) is 0 Å². The van der Waals surface area contributed by atoms with E-state index in [1.165, 1.54) is 28.6 Å². The van der Waals surface area contributed by atoms with Crippen LogP contribution in [0.3, 0.4) is 0 Å². The van der Waals surface area contributed by atoms with Crippen molar-refractivity contribution in [2.75, 3.05) is 79.9 Å². The lowest BCUT2D eigenvalue weighted by Gasteiger charge is -2.40. The molecule has 2 aromatic carbocycles. The van der Waals surface area contributed by atoms with E-state index in [1.807, 2.05) is 12.1 Å².